The average molecular weight is 245 g/mol. The van der Waals surface area contributed by atoms with E-state index in [1.165, 1.54) is 0 Å². The minimum atomic E-state index is -0.794. The average Bonchev–Trinajstić information content (AvgIpc) is 2.18. The van der Waals surface area contributed by atoms with Gasteiger partial charge in [0.05, 0.1) is 4.75 Å². The Hall–Kier alpha value is -0.380. The number of hydrogen-bond donors (Lipinski definition) is 0. The van der Waals surface area contributed by atoms with Crippen LogP contribution in [0.2, 0.25) is 0 Å². The number of carbonyl (C=O) groups excluding carboxylic acids is 1. The van der Waals surface area contributed by atoms with Crippen LogP contribution in [-0.4, -0.2) is 38.6 Å². The zero-order valence-electron chi connectivity index (χ0n) is 10.8. The lowest BCUT2D eigenvalue weighted by Gasteiger charge is -2.37. The Morgan fingerprint density at radius 1 is 1.44 bits per heavy atom. The molecule has 0 N–H and O–H groups in total. The van der Waals surface area contributed by atoms with Crippen molar-refractivity contribution in [1.82, 2.24) is 4.90 Å². The van der Waals surface area contributed by atoms with Crippen molar-refractivity contribution in [3.05, 3.63) is 0 Å². The molecule has 16 heavy (non-hydrogen) atoms. The van der Waals surface area contributed by atoms with E-state index in [2.05, 4.69) is 13.8 Å². The highest BCUT2D eigenvalue weighted by Gasteiger charge is 2.34. The molecule has 1 heterocycles. The molecule has 1 rings (SSSR count). The van der Waals surface area contributed by atoms with Gasteiger partial charge < -0.3 is 4.90 Å². The fraction of sp³-hybridized carbons (Fsp3) is 0.917. The minimum absolute atomic E-state index is 0.221. The maximum absolute atomic E-state index is 11.9. The number of hydrogen-bond acceptors (Lipinski definition) is 2. The highest BCUT2D eigenvalue weighted by atomic mass is 32.2. The van der Waals surface area contributed by atoms with Gasteiger partial charge in [-0.05, 0) is 26.2 Å². The van der Waals surface area contributed by atoms with Gasteiger partial charge in [-0.25, -0.2) is 0 Å². The van der Waals surface area contributed by atoms with Crippen LogP contribution in [0.25, 0.3) is 0 Å². The topological polar surface area (TPSA) is 37.4 Å². The van der Waals surface area contributed by atoms with E-state index in [4.69, 9.17) is 0 Å². The molecular formula is C12H23NO2S. The van der Waals surface area contributed by atoms with Crippen molar-refractivity contribution >= 4 is 16.7 Å². The summed E-state index contributed by atoms with van der Waals surface area (Å²) in [5, 5.41) is 0. The number of rotatable bonds is 3. The molecule has 0 aromatic heterocycles. The molecule has 0 bridgehead atoms. The molecule has 94 valence electrons. The van der Waals surface area contributed by atoms with Crippen LogP contribution in [0.4, 0.5) is 0 Å². The predicted molar refractivity (Wildman–Crippen MR) is 67.7 cm³/mol. The summed E-state index contributed by atoms with van der Waals surface area (Å²) < 4.78 is 11.5. The van der Waals surface area contributed by atoms with Crippen LogP contribution in [0.5, 0.6) is 0 Å². The third kappa shape index (κ3) is 3.58. The van der Waals surface area contributed by atoms with E-state index in [0.717, 1.165) is 6.42 Å². The third-order valence-electron chi connectivity index (χ3n) is 3.02. The number of amides is 1. The van der Waals surface area contributed by atoms with Crippen molar-refractivity contribution in [3.63, 3.8) is 0 Å². The van der Waals surface area contributed by atoms with E-state index >= 15 is 0 Å². The number of carbonyl (C=O) groups is 1. The number of nitrogens with zero attached hydrogens (tertiary/aromatic N) is 1. The molecule has 3 nitrogen and oxygen atoms in total. The maximum atomic E-state index is 11.9. The Labute approximate surface area is 101 Å². The fourth-order valence-corrected chi connectivity index (χ4v) is 3.10. The largest absolute Gasteiger partial charge is 0.340 e. The van der Waals surface area contributed by atoms with Gasteiger partial charge in [0.25, 0.3) is 0 Å². The minimum Gasteiger partial charge on any atom is -0.340 e. The Bertz CT molecular complexity index is 287. The first kappa shape index (κ1) is 13.7. The zero-order chi connectivity index (χ0) is 12.3. The maximum Gasteiger partial charge on any atom is 0.222 e. The van der Waals surface area contributed by atoms with E-state index < -0.39 is 10.8 Å². The van der Waals surface area contributed by atoms with Gasteiger partial charge in [0.1, 0.15) is 0 Å². The second kappa shape index (κ2) is 5.30. The standard InChI is InChI=1S/C12H23NO2S/c1-10(2)5-6-11(14)13-7-8-16(15)12(3,4)9-13/h10H,5-9H2,1-4H3/t16-/m0/s1. The van der Waals surface area contributed by atoms with Crippen molar-refractivity contribution in [1.29, 1.82) is 0 Å². The summed E-state index contributed by atoms with van der Waals surface area (Å²) in [6.45, 7) is 9.50. The monoisotopic (exact) mass is 245 g/mol. The smallest absolute Gasteiger partial charge is 0.222 e. The van der Waals surface area contributed by atoms with Crippen LogP contribution >= 0.6 is 0 Å². The molecule has 0 unspecified atom stereocenters. The predicted octanol–water partition coefficient (Wildman–Crippen LogP) is 1.79. The first-order valence-corrected chi connectivity index (χ1v) is 7.31. The molecule has 1 aliphatic heterocycles. The van der Waals surface area contributed by atoms with Crippen LogP contribution in [0.3, 0.4) is 0 Å². The van der Waals surface area contributed by atoms with Crippen molar-refractivity contribution in [2.75, 3.05) is 18.8 Å². The van der Waals surface area contributed by atoms with Crippen LogP contribution in [0, 0.1) is 5.92 Å². The summed E-state index contributed by atoms with van der Waals surface area (Å²) in [7, 11) is -0.794. The van der Waals surface area contributed by atoms with E-state index in [1.54, 1.807) is 0 Å². The summed E-state index contributed by atoms with van der Waals surface area (Å²) in [4.78, 5) is 13.8. The first-order chi connectivity index (χ1) is 7.33. The zero-order valence-corrected chi connectivity index (χ0v) is 11.6. The summed E-state index contributed by atoms with van der Waals surface area (Å²) in [5.74, 6) is 1.41. The normalized spacial score (nSPS) is 24.8. The van der Waals surface area contributed by atoms with Crippen LogP contribution in [-0.2, 0) is 15.6 Å². The Kier molecular flexibility index (Phi) is 4.53. The van der Waals surface area contributed by atoms with Gasteiger partial charge in [-0.1, -0.05) is 13.8 Å². The lowest BCUT2D eigenvalue weighted by Crippen LogP contribution is -2.52. The van der Waals surface area contributed by atoms with Gasteiger partial charge in [0, 0.05) is 36.1 Å². The van der Waals surface area contributed by atoms with Gasteiger partial charge in [-0.3, -0.25) is 9.00 Å². The molecular weight excluding hydrogens is 222 g/mol. The second-order valence-electron chi connectivity index (χ2n) is 5.56. The molecule has 1 saturated heterocycles. The Morgan fingerprint density at radius 2 is 2.06 bits per heavy atom. The fourth-order valence-electron chi connectivity index (χ4n) is 1.86. The lowest BCUT2D eigenvalue weighted by molar-refractivity contribution is -0.131. The van der Waals surface area contributed by atoms with Crippen molar-refractivity contribution in [2.24, 2.45) is 5.92 Å². The molecule has 0 spiro atoms. The van der Waals surface area contributed by atoms with Gasteiger partial charge in [0.2, 0.25) is 5.91 Å². The molecule has 0 saturated carbocycles. The molecule has 0 aromatic rings. The summed E-state index contributed by atoms with van der Waals surface area (Å²) in [6.07, 6.45) is 1.57. The van der Waals surface area contributed by atoms with Gasteiger partial charge in [-0.15, -0.1) is 0 Å². The first-order valence-electron chi connectivity index (χ1n) is 5.99. The molecule has 1 fully saturated rings. The molecule has 1 atom stereocenters. The van der Waals surface area contributed by atoms with Crippen LogP contribution in [0.15, 0.2) is 0 Å². The molecule has 4 heteroatoms. The lowest BCUT2D eigenvalue weighted by atomic mass is 10.1. The molecule has 0 aliphatic carbocycles. The highest BCUT2D eigenvalue weighted by Crippen LogP contribution is 2.21. The Balaban J connectivity index is 2.49. The molecule has 0 radical (unpaired) electrons. The van der Waals surface area contributed by atoms with Gasteiger partial charge >= 0.3 is 0 Å². The quantitative estimate of drug-likeness (QED) is 0.760. The molecule has 1 aliphatic rings. The third-order valence-corrected chi connectivity index (χ3v) is 4.94. The van der Waals surface area contributed by atoms with Crippen LogP contribution < -0.4 is 0 Å². The molecule has 1 amide bonds. The SMILES string of the molecule is CC(C)CCC(=O)N1CC[S@](=O)C(C)(C)C1. The Morgan fingerprint density at radius 3 is 2.56 bits per heavy atom. The van der Waals surface area contributed by atoms with Gasteiger partial charge in [-0.2, -0.15) is 0 Å². The summed E-state index contributed by atoms with van der Waals surface area (Å²) in [5.41, 5.74) is 0. The summed E-state index contributed by atoms with van der Waals surface area (Å²) in [6, 6.07) is 0. The van der Waals surface area contributed by atoms with E-state index in [-0.39, 0.29) is 10.7 Å². The second-order valence-corrected chi connectivity index (χ2v) is 7.76. The van der Waals surface area contributed by atoms with E-state index in [0.29, 0.717) is 31.2 Å². The van der Waals surface area contributed by atoms with Crippen molar-refractivity contribution in [2.45, 2.75) is 45.3 Å². The highest BCUT2D eigenvalue weighted by molar-refractivity contribution is 7.86. The van der Waals surface area contributed by atoms with E-state index in [1.807, 2.05) is 18.7 Å². The van der Waals surface area contributed by atoms with Crippen molar-refractivity contribution < 1.29 is 9.00 Å². The van der Waals surface area contributed by atoms with Crippen LogP contribution in [0.1, 0.15) is 40.5 Å². The van der Waals surface area contributed by atoms with E-state index in [9.17, 15) is 9.00 Å². The van der Waals surface area contributed by atoms with Crippen molar-refractivity contribution in [3.8, 4) is 0 Å². The summed E-state index contributed by atoms with van der Waals surface area (Å²) >= 11 is 0. The van der Waals surface area contributed by atoms with Gasteiger partial charge in [0.15, 0.2) is 0 Å². The molecule has 0 aromatic carbocycles.